The minimum Gasteiger partial charge on any atom is -0.465 e. The van der Waals surface area contributed by atoms with Gasteiger partial charge in [-0.1, -0.05) is 26.0 Å². The highest BCUT2D eigenvalue weighted by Crippen LogP contribution is 2.32. The highest BCUT2D eigenvalue weighted by atomic mass is 19.1. The van der Waals surface area contributed by atoms with Gasteiger partial charge in [0, 0.05) is 25.6 Å². The number of nitrogens with one attached hydrogen (secondary N) is 2. The van der Waals surface area contributed by atoms with Crippen LogP contribution in [0.4, 0.5) is 4.39 Å². The summed E-state index contributed by atoms with van der Waals surface area (Å²) in [7, 11) is 0. The van der Waals surface area contributed by atoms with Crippen molar-refractivity contribution in [2.24, 2.45) is 5.92 Å². The highest BCUT2D eigenvalue weighted by molar-refractivity contribution is 6.00. The number of hydrogen-bond acceptors (Lipinski definition) is 7. The molecule has 3 saturated heterocycles. The first-order valence-electron chi connectivity index (χ1n) is 14.3. The van der Waals surface area contributed by atoms with Gasteiger partial charge in [0.05, 0.1) is 19.1 Å². The van der Waals surface area contributed by atoms with E-state index >= 15 is 4.39 Å². The van der Waals surface area contributed by atoms with Gasteiger partial charge in [-0.25, -0.2) is 4.39 Å². The molecule has 0 aliphatic carbocycles. The van der Waals surface area contributed by atoms with E-state index in [-0.39, 0.29) is 29.5 Å². The first-order chi connectivity index (χ1) is 18.3. The third kappa shape index (κ3) is 8.07. The number of ether oxygens (including phenoxy) is 1. The SMILES string of the molecule is CC(C)COC(=O)CCN1CCC(N2CCC(c3ccc(CNC4CCC(=O)NC4=O)cc3F)CC2)CC1. The van der Waals surface area contributed by atoms with Crippen molar-refractivity contribution in [1.29, 1.82) is 0 Å². The average molecular weight is 531 g/mol. The fraction of sp³-hybridized carbons (Fsp3) is 0.690. The van der Waals surface area contributed by atoms with Crippen LogP contribution in [0, 0.1) is 11.7 Å². The molecule has 3 aliphatic heterocycles. The van der Waals surface area contributed by atoms with E-state index < -0.39 is 6.04 Å². The predicted octanol–water partition coefficient (Wildman–Crippen LogP) is 2.95. The topological polar surface area (TPSA) is 91.0 Å². The molecule has 1 unspecified atom stereocenters. The molecule has 210 valence electrons. The second-order valence-corrected chi connectivity index (χ2v) is 11.5. The molecule has 2 N–H and O–H groups in total. The van der Waals surface area contributed by atoms with Gasteiger partial charge in [0.2, 0.25) is 11.8 Å². The summed E-state index contributed by atoms with van der Waals surface area (Å²) in [5.41, 5.74) is 1.59. The van der Waals surface area contributed by atoms with E-state index in [1.807, 2.05) is 26.0 Å². The zero-order chi connectivity index (χ0) is 27.1. The number of amides is 2. The van der Waals surface area contributed by atoms with E-state index in [9.17, 15) is 14.4 Å². The van der Waals surface area contributed by atoms with Crippen molar-refractivity contribution in [1.82, 2.24) is 20.4 Å². The fourth-order valence-electron chi connectivity index (χ4n) is 5.81. The van der Waals surface area contributed by atoms with Crippen molar-refractivity contribution in [2.45, 2.75) is 83.3 Å². The average Bonchev–Trinajstić information content (AvgIpc) is 2.91. The number of hydrogen-bond donors (Lipinski definition) is 2. The van der Waals surface area contributed by atoms with Gasteiger partial charge >= 0.3 is 5.97 Å². The second-order valence-electron chi connectivity index (χ2n) is 11.5. The Hall–Kier alpha value is -2.36. The van der Waals surface area contributed by atoms with Gasteiger partial charge < -0.3 is 19.9 Å². The van der Waals surface area contributed by atoms with Crippen LogP contribution in [-0.2, 0) is 25.7 Å². The molecule has 4 rings (SSSR count). The minimum atomic E-state index is -0.419. The maximum Gasteiger partial charge on any atom is 0.307 e. The Morgan fingerprint density at radius 1 is 1.11 bits per heavy atom. The number of piperidine rings is 3. The second kappa shape index (κ2) is 13.6. The quantitative estimate of drug-likeness (QED) is 0.355. The molecule has 8 nitrogen and oxygen atoms in total. The first kappa shape index (κ1) is 28.6. The molecule has 2 amide bonds. The van der Waals surface area contributed by atoms with Gasteiger partial charge in [-0.2, -0.15) is 0 Å². The number of imide groups is 1. The molecule has 3 fully saturated rings. The summed E-state index contributed by atoms with van der Waals surface area (Å²) >= 11 is 0. The molecule has 1 atom stereocenters. The molecule has 0 spiro atoms. The normalized spacial score (nSPS) is 22.6. The first-order valence-corrected chi connectivity index (χ1v) is 14.3. The molecule has 3 heterocycles. The maximum atomic E-state index is 15.0. The van der Waals surface area contributed by atoms with Gasteiger partial charge in [0.25, 0.3) is 0 Å². The number of likely N-dealkylation sites (tertiary alicyclic amines) is 2. The lowest BCUT2D eigenvalue weighted by atomic mass is 9.87. The van der Waals surface area contributed by atoms with Crippen LogP contribution in [0.5, 0.6) is 0 Å². The number of nitrogens with zero attached hydrogens (tertiary/aromatic N) is 2. The van der Waals surface area contributed by atoms with Gasteiger partial charge in [0.15, 0.2) is 0 Å². The van der Waals surface area contributed by atoms with Crippen molar-refractivity contribution in [3.8, 4) is 0 Å². The summed E-state index contributed by atoms with van der Waals surface area (Å²) in [6.07, 6.45) is 5.36. The summed E-state index contributed by atoms with van der Waals surface area (Å²) in [5, 5.41) is 5.48. The van der Waals surface area contributed by atoms with Crippen molar-refractivity contribution in [3.63, 3.8) is 0 Å². The van der Waals surface area contributed by atoms with Crippen LogP contribution in [-0.4, -0.2) is 79.0 Å². The van der Waals surface area contributed by atoms with E-state index in [0.29, 0.717) is 44.4 Å². The fourth-order valence-corrected chi connectivity index (χ4v) is 5.81. The van der Waals surface area contributed by atoms with E-state index in [1.165, 1.54) is 0 Å². The zero-order valence-corrected chi connectivity index (χ0v) is 22.8. The van der Waals surface area contributed by atoms with Crippen LogP contribution in [0.1, 0.15) is 75.8 Å². The Morgan fingerprint density at radius 3 is 2.50 bits per heavy atom. The molecule has 0 saturated carbocycles. The standard InChI is InChI=1S/C29H43FN4O4/c1-20(2)19-38-28(36)11-14-33-12-9-23(10-13-33)34-15-7-22(8-16-34)24-4-3-21(17-25(24)30)18-31-26-5-6-27(35)32-29(26)37/h3-4,17,20,22-23,26,31H,5-16,18-19H2,1-2H3,(H,32,35,37). The van der Waals surface area contributed by atoms with Crippen molar-refractivity contribution in [3.05, 3.63) is 35.1 Å². The van der Waals surface area contributed by atoms with Crippen LogP contribution in [0.15, 0.2) is 18.2 Å². The lowest BCUT2D eigenvalue weighted by Gasteiger charge is -2.42. The predicted molar refractivity (Wildman–Crippen MR) is 143 cm³/mol. The Bertz CT molecular complexity index is 971. The molecule has 3 aliphatic rings. The third-order valence-corrected chi connectivity index (χ3v) is 8.11. The van der Waals surface area contributed by atoms with E-state index in [1.54, 1.807) is 6.07 Å². The van der Waals surface area contributed by atoms with Crippen molar-refractivity contribution in [2.75, 3.05) is 39.3 Å². The van der Waals surface area contributed by atoms with Crippen LogP contribution < -0.4 is 10.6 Å². The molecule has 0 aromatic heterocycles. The lowest BCUT2D eigenvalue weighted by Crippen LogP contribution is -2.50. The molecule has 1 aromatic carbocycles. The Kier molecular flexibility index (Phi) is 10.3. The largest absolute Gasteiger partial charge is 0.465 e. The van der Waals surface area contributed by atoms with Gasteiger partial charge in [0.1, 0.15) is 5.82 Å². The van der Waals surface area contributed by atoms with E-state index in [4.69, 9.17) is 4.74 Å². The van der Waals surface area contributed by atoms with Crippen LogP contribution >= 0.6 is 0 Å². The summed E-state index contributed by atoms with van der Waals surface area (Å²) < 4.78 is 20.3. The molecule has 38 heavy (non-hydrogen) atoms. The number of halogens is 1. The van der Waals surface area contributed by atoms with Crippen LogP contribution in [0.2, 0.25) is 0 Å². The number of carbonyl (C=O) groups is 3. The van der Waals surface area contributed by atoms with Crippen LogP contribution in [0.25, 0.3) is 0 Å². The zero-order valence-electron chi connectivity index (χ0n) is 22.8. The van der Waals surface area contributed by atoms with E-state index in [2.05, 4.69) is 20.4 Å². The van der Waals surface area contributed by atoms with Gasteiger partial charge in [-0.15, -0.1) is 0 Å². The lowest BCUT2D eigenvalue weighted by molar-refractivity contribution is -0.145. The number of benzene rings is 1. The molecular weight excluding hydrogens is 487 g/mol. The monoisotopic (exact) mass is 530 g/mol. The number of carbonyl (C=O) groups excluding carboxylic acids is 3. The highest BCUT2D eigenvalue weighted by Gasteiger charge is 2.30. The Labute approximate surface area is 225 Å². The summed E-state index contributed by atoms with van der Waals surface area (Å²) in [6, 6.07) is 5.57. The summed E-state index contributed by atoms with van der Waals surface area (Å²) in [6.45, 7) is 9.70. The van der Waals surface area contributed by atoms with Crippen LogP contribution in [0.3, 0.4) is 0 Å². The molecule has 0 bridgehead atoms. The summed E-state index contributed by atoms with van der Waals surface area (Å²) in [5.74, 6) is -0.238. The van der Waals surface area contributed by atoms with E-state index in [0.717, 1.165) is 69.5 Å². The maximum absolute atomic E-state index is 15.0. The van der Waals surface area contributed by atoms with Gasteiger partial charge in [-0.3, -0.25) is 19.7 Å². The molecular formula is C29H43FN4O4. The number of rotatable bonds is 10. The summed E-state index contributed by atoms with van der Waals surface area (Å²) in [4.78, 5) is 40.1. The third-order valence-electron chi connectivity index (χ3n) is 8.11. The van der Waals surface area contributed by atoms with Gasteiger partial charge in [-0.05, 0) is 87.3 Å². The minimum absolute atomic E-state index is 0.103. The molecule has 0 radical (unpaired) electrons. The Balaban J connectivity index is 1.17. The number of esters is 1. The van der Waals surface area contributed by atoms with Crippen molar-refractivity contribution < 1.29 is 23.5 Å². The molecule has 9 heteroatoms. The van der Waals surface area contributed by atoms with Crippen molar-refractivity contribution >= 4 is 17.8 Å². The smallest absolute Gasteiger partial charge is 0.307 e. The Morgan fingerprint density at radius 2 is 1.84 bits per heavy atom. The molecule has 1 aromatic rings.